The summed E-state index contributed by atoms with van der Waals surface area (Å²) in [5.41, 5.74) is 5.63. The van der Waals surface area contributed by atoms with Crippen LogP contribution in [0.4, 0.5) is 0 Å². The molecule has 4 rings (SSSR count). The van der Waals surface area contributed by atoms with E-state index < -0.39 is 0 Å². The van der Waals surface area contributed by atoms with Crippen LogP contribution in [0.2, 0.25) is 0 Å². The quantitative estimate of drug-likeness (QED) is 0.248. The Hall–Kier alpha value is -3.12. The SMILES string of the molecule is C.C.CC.CCC.CCC(c1ccccc1)c1ccccc1.CCC(c1ccccc1)c1ccccc1. The van der Waals surface area contributed by atoms with Gasteiger partial charge in [-0.3, -0.25) is 0 Å². The third-order valence-electron chi connectivity index (χ3n) is 5.62. The van der Waals surface area contributed by atoms with Gasteiger partial charge in [-0.25, -0.2) is 0 Å². The molecule has 0 nitrogen and oxygen atoms in total. The molecule has 202 valence electrons. The first-order chi connectivity index (χ1) is 17.2. The van der Waals surface area contributed by atoms with Gasteiger partial charge in [0.05, 0.1) is 0 Å². The van der Waals surface area contributed by atoms with Gasteiger partial charge in [-0.15, -0.1) is 0 Å². The van der Waals surface area contributed by atoms with Crippen molar-refractivity contribution in [3.63, 3.8) is 0 Å². The molecular weight excluding hydrogens is 444 g/mol. The molecule has 0 aromatic heterocycles. The van der Waals surface area contributed by atoms with Crippen molar-refractivity contribution in [2.75, 3.05) is 0 Å². The average molecular weight is 499 g/mol. The molecule has 0 N–H and O–H groups in total. The van der Waals surface area contributed by atoms with E-state index in [0.717, 1.165) is 12.8 Å². The van der Waals surface area contributed by atoms with Gasteiger partial charge < -0.3 is 0 Å². The molecule has 0 bridgehead atoms. The second-order valence-electron chi connectivity index (χ2n) is 8.27. The Bertz CT molecular complexity index is 797. The summed E-state index contributed by atoms with van der Waals surface area (Å²) in [7, 11) is 0. The number of hydrogen-bond acceptors (Lipinski definition) is 0. The fourth-order valence-corrected chi connectivity index (χ4v) is 4.07. The zero-order valence-electron chi connectivity index (χ0n) is 22.8. The van der Waals surface area contributed by atoms with Gasteiger partial charge in [-0.05, 0) is 35.1 Å². The molecule has 0 saturated carbocycles. The maximum Gasteiger partial charge on any atom is 0.00867 e. The first kappa shape index (κ1) is 36.0. The summed E-state index contributed by atoms with van der Waals surface area (Å²) in [5.74, 6) is 1.07. The molecule has 0 heterocycles. The minimum absolute atomic E-state index is 0. The van der Waals surface area contributed by atoms with Crippen LogP contribution in [0.15, 0.2) is 121 Å². The maximum absolute atomic E-state index is 2.24. The Morgan fingerprint density at radius 2 is 0.541 bits per heavy atom. The number of rotatable bonds is 6. The Morgan fingerprint density at radius 3 is 0.676 bits per heavy atom. The van der Waals surface area contributed by atoms with Crippen molar-refractivity contribution in [1.29, 1.82) is 0 Å². The highest BCUT2D eigenvalue weighted by Crippen LogP contribution is 2.28. The fraction of sp³-hybridized carbons (Fsp3) is 0.351. The van der Waals surface area contributed by atoms with Gasteiger partial charge in [0, 0.05) is 11.8 Å². The highest BCUT2D eigenvalue weighted by atomic mass is 14.1. The van der Waals surface area contributed by atoms with Crippen LogP contribution < -0.4 is 0 Å². The summed E-state index contributed by atoms with van der Waals surface area (Å²) in [6.07, 6.45) is 3.54. The van der Waals surface area contributed by atoms with Crippen molar-refractivity contribution < 1.29 is 0 Å². The van der Waals surface area contributed by atoms with Crippen LogP contribution >= 0.6 is 0 Å². The van der Waals surface area contributed by atoms with Gasteiger partial charge in [0.25, 0.3) is 0 Å². The van der Waals surface area contributed by atoms with Gasteiger partial charge >= 0.3 is 0 Å². The second kappa shape index (κ2) is 23.3. The molecule has 0 aliphatic carbocycles. The van der Waals surface area contributed by atoms with E-state index in [2.05, 4.69) is 149 Å². The number of hydrogen-bond donors (Lipinski definition) is 0. The normalized spacial score (nSPS) is 9.19. The predicted molar refractivity (Wildman–Crippen MR) is 171 cm³/mol. The van der Waals surface area contributed by atoms with Crippen LogP contribution in [-0.4, -0.2) is 0 Å². The van der Waals surface area contributed by atoms with Crippen LogP contribution in [0.5, 0.6) is 0 Å². The summed E-state index contributed by atoms with van der Waals surface area (Å²) < 4.78 is 0. The minimum atomic E-state index is 0. The van der Waals surface area contributed by atoms with Gasteiger partial charge in [-0.1, -0.05) is 184 Å². The monoisotopic (exact) mass is 498 g/mol. The van der Waals surface area contributed by atoms with E-state index in [1.54, 1.807) is 0 Å². The molecule has 0 saturated heterocycles. The lowest BCUT2D eigenvalue weighted by atomic mass is 9.89. The van der Waals surface area contributed by atoms with Crippen LogP contribution in [0, 0.1) is 0 Å². The van der Waals surface area contributed by atoms with E-state index in [1.807, 2.05) is 13.8 Å². The zero-order chi connectivity index (χ0) is 25.7. The molecule has 37 heavy (non-hydrogen) atoms. The summed E-state index contributed by atoms with van der Waals surface area (Å²) in [6, 6.07) is 42.9. The molecule has 0 unspecified atom stereocenters. The Morgan fingerprint density at radius 1 is 0.378 bits per heavy atom. The summed E-state index contributed by atoms with van der Waals surface area (Å²) in [5, 5.41) is 0. The zero-order valence-corrected chi connectivity index (χ0v) is 22.8. The van der Waals surface area contributed by atoms with Crippen molar-refractivity contribution in [2.24, 2.45) is 0 Å². The Labute approximate surface area is 230 Å². The molecule has 0 spiro atoms. The first-order valence-electron chi connectivity index (χ1n) is 13.4. The molecule has 0 heteroatoms. The molecule has 0 aliphatic heterocycles. The van der Waals surface area contributed by atoms with Gasteiger partial charge in [0.1, 0.15) is 0 Å². The van der Waals surface area contributed by atoms with Crippen LogP contribution in [-0.2, 0) is 0 Å². The number of benzene rings is 4. The average Bonchev–Trinajstić information content (AvgIpc) is 2.94. The van der Waals surface area contributed by atoms with E-state index in [-0.39, 0.29) is 14.9 Å². The largest absolute Gasteiger partial charge is 0.0776 e. The second-order valence-corrected chi connectivity index (χ2v) is 8.27. The summed E-state index contributed by atoms with van der Waals surface area (Å²) in [4.78, 5) is 0. The van der Waals surface area contributed by atoms with Gasteiger partial charge in [0.15, 0.2) is 0 Å². The Kier molecular flexibility index (Phi) is 22.7. The summed E-state index contributed by atoms with van der Waals surface area (Å²) in [6.45, 7) is 12.7. The van der Waals surface area contributed by atoms with E-state index in [1.165, 1.54) is 28.7 Å². The lowest BCUT2D eigenvalue weighted by molar-refractivity contribution is 0.777. The molecule has 0 amide bonds. The van der Waals surface area contributed by atoms with Crippen molar-refractivity contribution >= 4 is 0 Å². The molecule has 4 aromatic rings. The third-order valence-corrected chi connectivity index (χ3v) is 5.62. The molecule has 4 aromatic carbocycles. The van der Waals surface area contributed by atoms with Crippen LogP contribution in [0.3, 0.4) is 0 Å². The van der Waals surface area contributed by atoms with E-state index in [4.69, 9.17) is 0 Å². The third kappa shape index (κ3) is 13.1. The molecule has 0 atom stereocenters. The first-order valence-corrected chi connectivity index (χ1v) is 13.4. The highest BCUT2D eigenvalue weighted by molar-refractivity contribution is 5.33. The summed E-state index contributed by atoms with van der Waals surface area (Å²) >= 11 is 0. The highest BCUT2D eigenvalue weighted by Gasteiger charge is 2.11. The fourth-order valence-electron chi connectivity index (χ4n) is 4.07. The Balaban J connectivity index is 0. The van der Waals surface area contributed by atoms with E-state index in [9.17, 15) is 0 Å². The standard InChI is InChI=1S/2C15H16.C3H8.C2H6.2CH4/c2*1-2-15(13-9-5-3-6-10-13)14-11-7-4-8-12-14;1-3-2;1-2;;/h2*3-12,15H,2H2,1H3;3H2,1-2H3;1-2H3;2*1H4. The molecule has 0 fully saturated rings. The van der Waals surface area contributed by atoms with Gasteiger partial charge in [-0.2, -0.15) is 0 Å². The maximum atomic E-state index is 2.24. The molecular formula is C37H54. The minimum Gasteiger partial charge on any atom is -0.0776 e. The van der Waals surface area contributed by atoms with Crippen LogP contribution in [0.1, 0.15) is 110 Å². The smallest absolute Gasteiger partial charge is 0.00867 e. The van der Waals surface area contributed by atoms with Crippen molar-refractivity contribution in [3.05, 3.63) is 144 Å². The lowest BCUT2D eigenvalue weighted by Gasteiger charge is -2.15. The molecule has 0 radical (unpaired) electrons. The lowest BCUT2D eigenvalue weighted by Crippen LogP contribution is -1.98. The van der Waals surface area contributed by atoms with Crippen LogP contribution in [0.25, 0.3) is 0 Å². The van der Waals surface area contributed by atoms with Gasteiger partial charge in [0.2, 0.25) is 0 Å². The predicted octanol–water partition coefficient (Wildman–Crippen LogP) is 12.2. The van der Waals surface area contributed by atoms with Crippen molar-refractivity contribution in [2.45, 2.75) is 87.5 Å². The van der Waals surface area contributed by atoms with E-state index >= 15 is 0 Å². The topological polar surface area (TPSA) is 0 Å². The van der Waals surface area contributed by atoms with E-state index in [0.29, 0.717) is 11.8 Å². The van der Waals surface area contributed by atoms with Crippen molar-refractivity contribution in [1.82, 2.24) is 0 Å². The van der Waals surface area contributed by atoms with Crippen molar-refractivity contribution in [3.8, 4) is 0 Å². The molecule has 0 aliphatic rings.